The quantitative estimate of drug-likeness (QED) is 0.927. The Balaban J connectivity index is 2.70. The summed E-state index contributed by atoms with van der Waals surface area (Å²) in [6, 6.07) is 2.27. The first-order valence-electron chi connectivity index (χ1n) is 4.95. The third-order valence-corrected chi connectivity index (χ3v) is 3.06. The first-order valence-corrected chi connectivity index (χ1v) is 5.71. The third-order valence-electron chi connectivity index (χ3n) is 2.45. The van der Waals surface area contributed by atoms with Gasteiger partial charge in [0.05, 0.1) is 15.7 Å². The highest BCUT2D eigenvalue weighted by atomic mass is 35.5. The Morgan fingerprint density at radius 2 is 1.95 bits per heavy atom. The van der Waals surface area contributed by atoms with E-state index in [1.54, 1.807) is 0 Å². The molecule has 0 spiro atoms. The lowest BCUT2D eigenvalue weighted by Crippen LogP contribution is -2.22. The number of hydrogen-bond donors (Lipinski definition) is 1. The van der Waals surface area contributed by atoms with E-state index in [1.807, 2.05) is 0 Å². The highest BCUT2D eigenvalue weighted by Gasteiger charge is 2.21. The molecule has 1 N–H and O–H groups in total. The van der Waals surface area contributed by atoms with Crippen molar-refractivity contribution in [3.05, 3.63) is 38.5 Å². The van der Waals surface area contributed by atoms with Gasteiger partial charge < -0.3 is 5.11 Å². The van der Waals surface area contributed by atoms with Crippen molar-refractivity contribution in [2.24, 2.45) is 7.05 Å². The number of aromatic nitrogens is 3. The molecule has 0 bridgehead atoms. The predicted molar refractivity (Wildman–Crippen MR) is 65.4 cm³/mol. The van der Waals surface area contributed by atoms with Gasteiger partial charge >= 0.3 is 5.69 Å². The molecule has 1 aromatic heterocycles. The van der Waals surface area contributed by atoms with Gasteiger partial charge in [0.25, 0.3) is 6.43 Å². The van der Waals surface area contributed by atoms with Crippen molar-refractivity contribution in [2.45, 2.75) is 6.43 Å². The van der Waals surface area contributed by atoms with Crippen LogP contribution in [0.5, 0.6) is 5.75 Å². The Labute approximate surface area is 115 Å². The first-order chi connectivity index (χ1) is 8.82. The Hall–Kier alpha value is -1.60. The van der Waals surface area contributed by atoms with E-state index in [9.17, 15) is 18.7 Å². The van der Waals surface area contributed by atoms with E-state index in [4.69, 9.17) is 23.2 Å². The van der Waals surface area contributed by atoms with Crippen molar-refractivity contribution in [2.75, 3.05) is 0 Å². The number of aromatic hydroxyl groups is 1. The molecule has 0 saturated carbocycles. The van der Waals surface area contributed by atoms with Crippen molar-refractivity contribution in [3.8, 4) is 11.4 Å². The molecule has 0 aliphatic rings. The fourth-order valence-corrected chi connectivity index (χ4v) is 1.95. The maximum atomic E-state index is 12.6. The van der Waals surface area contributed by atoms with Crippen molar-refractivity contribution in [1.29, 1.82) is 0 Å². The molecule has 5 nitrogen and oxygen atoms in total. The second kappa shape index (κ2) is 4.82. The summed E-state index contributed by atoms with van der Waals surface area (Å²) in [5.74, 6) is -1.03. The number of phenolic OH excluding ortho intramolecular Hbond substituents is 1. The van der Waals surface area contributed by atoms with E-state index in [0.717, 1.165) is 13.1 Å². The lowest BCUT2D eigenvalue weighted by atomic mass is 10.3. The van der Waals surface area contributed by atoms with Crippen LogP contribution in [0.2, 0.25) is 10.0 Å². The highest BCUT2D eigenvalue weighted by molar-refractivity contribution is 6.36. The van der Waals surface area contributed by atoms with Crippen molar-refractivity contribution >= 4 is 23.2 Å². The Morgan fingerprint density at radius 3 is 2.47 bits per heavy atom. The Kier molecular flexibility index (Phi) is 3.51. The van der Waals surface area contributed by atoms with Gasteiger partial charge in [-0.25, -0.2) is 13.6 Å². The maximum absolute atomic E-state index is 12.6. The van der Waals surface area contributed by atoms with Gasteiger partial charge in [0.15, 0.2) is 0 Å². The van der Waals surface area contributed by atoms with Gasteiger partial charge in [-0.1, -0.05) is 23.2 Å². The molecule has 0 saturated heterocycles. The molecular weight excluding hydrogens is 303 g/mol. The fraction of sp³-hybridized carbons (Fsp3) is 0.200. The summed E-state index contributed by atoms with van der Waals surface area (Å²) in [5, 5.41) is 12.9. The minimum atomic E-state index is -2.90. The van der Waals surface area contributed by atoms with Gasteiger partial charge in [0, 0.05) is 13.1 Å². The number of rotatable bonds is 2. The van der Waals surface area contributed by atoms with Crippen LogP contribution in [0.3, 0.4) is 0 Å². The van der Waals surface area contributed by atoms with Crippen molar-refractivity contribution < 1.29 is 13.9 Å². The standard InChI is InChI=1S/C10H7Cl2F2N3O2/c1-16-9(8(13)14)15-17(10(16)19)6-3-7(18)5(12)2-4(6)11/h2-3,8,18H,1H3. The molecule has 0 unspecified atom stereocenters. The second-order valence-corrected chi connectivity index (χ2v) is 4.48. The summed E-state index contributed by atoms with van der Waals surface area (Å²) in [5.41, 5.74) is -0.838. The van der Waals surface area contributed by atoms with Crippen LogP contribution < -0.4 is 5.69 Å². The van der Waals surface area contributed by atoms with E-state index >= 15 is 0 Å². The monoisotopic (exact) mass is 309 g/mol. The van der Waals surface area contributed by atoms with E-state index in [1.165, 1.54) is 6.07 Å². The molecule has 19 heavy (non-hydrogen) atoms. The van der Waals surface area contributed by atoms with Gasteiger partial charge in [0.1, 0.15) is 5.75 Å². The molecule has 1 aromatic carbocycles. The third kappa shape index (κ3) is 2.31. The number of nitrogens with zero attached hydrogens (tertiary/aromatic N) is 3. The first kappa shape index (κ1) is 13.8. The van der Waals surface area contributed by atoms with E-state index in [2.05, 4.69) is 5.10 Å². The smallest absolute Gasteiger partial charge is 0.350 e. The number of hydrogen-bond acceptors (Lipinski definition) is 3. The molecular formula is C10H7Cl2F2N3O2. The summed E-state index contributed by atoms with van der Waals surface area (Å²) in [6.07, 6.45) is -2.90. The molecule has 2 aromatic rings. The molecule has 1 heterocycles. The SMILES string of the molecule is Cn1c(C(F)F)nn(-c2cc(O)c(Cl)cc2Cl)c1=O. The number of halogens is 4. The van der Waals surface area contributed by atoms with Crippen molar-refractivity contribution in [3.63, 3.8) is 0 Å². The lowest BCUT2D eigenvalue weighted by Gasteiger charge is -2.04. The summed E-state index contributed by atoms with van der Waals surface area (Å²) < 4.78 is 26.7. The van der Waals surface area contributed by atoms with Crippen LogP contribution in [-0.4, -0.2) is 19.5 Å². The Bertz CT molecular complexity index is 697. The summed E-state index contributed by atoms with van der Waals surface area (Å²) in [7, 11) is 1.16. The average Bonchev–Trinajstić information content (AvgIpc) is 2.62. The zero-order valence-electron chi connectivity index (χ0n) is 9.44. The largest absolute Gasteiger partial charge is 0.506 e. The summed E-state index contributed by atoms with van der Waals surface area (Å²) >= 11 is 11.5. The van der Waals surface area contributed by atoms with Gasteiger partial charge in [0.2, 0.25) is 5.82 Å². The summed E-state index contributed by atoms with van der Waals surface area (Å²) in [4.78, 5) is 11.8. The number of phenols is 1. The van der Waals surface area contributed by atoms with Crippen LogP contribution in [0.4, 0.5) is 8.78 Å². The maximum Gasteiger partial charge on any atom is 0.350 e. The molecule has 2 rings (SSSR count). The van der Waals surface area contributed by atoms with Crippen LogP contribution in [0, 0.1) is 0 Å². The van der Waals surface area contributed by atoms with Gasteiger partial charge in [-0.05, 0) is 6.07 Å². The minimum absolute atomic E-state index is 0.00353. The van der Waals surface area contributed by atoms with Gasteiger partial charge in [-0.2, -0.15) is 4.68 Å². The second-order valence-electron chi connectivity index (χ2n) is 3.67. The topological polar surface area (TPSA) is 60.1 Å². The minimum Gasteiger partial charge on any atom is -0.506 e. The van der Waals surface area contributed by atoms with Crippen molar-refractivity contribution in [1.82, 2.24) is 14.3 Å². The summed E-state index contributed by atoms with van der Waals surface area (Å²) in [6.45, 7) is 0. The normalized spacial score (nSPS) is 11.3. The molecule has 0 aliphatic carbocycles. The van der Waals surface area contributed by atoms with Crippen LogP contribution in [0.15, 0.2) is 16.9 Å². The molecule has 102 valence electrons. The number of benzene rings is 1. The predicted octanol–water partition coefficient (Wildman–Crippen LogP) is 2.52. The molecule has 0 atom stereocenters. The molecule has 9 heteroatoms. The van der Waals surface area contributed by atoms with E-state index < -0.39 is 17.9 Å². The average molecular weight is 310 g/mol. The van der Waals surface area contributed by atoms with E-state index in [-0.39, 0.29) is 21.5 Å². The Morgan fingerprint density at radius 1 is 1.32 bits per heavy atom. The molecule has 0 fully saturated rings. The van der Waals surface area contributed by atoms with Crippen LogP contribution in [0.25, 0.3) is 5.69 Å². The van der Waals surface area contributed by atoms with E-state index in [0.29, 0.717) is 9.25 Å². The molecule has 0 amide bonds. The zero-order chi connectivity index (χ0) is 14.3. The molecule has 0 radical (unpaired) electrons. The van der Waals surface area contributed by atoms with Gasteiger partial charge in [-0.3, -0.25) is 4.57 Å². The highest BCUT2D eigenvalue weighted by Crippen LogP contribution is 2.31. The zero-order valence-corrected chi connectivity index (χ0v) is 11.0. The van der Waals surface area contributed by atoms with Crippen LogP contribution >= 0.6 is 23.2 Å². The molecule has 0 aliphatic heterocycles. The van der Waals surface area contributed by atoms with Crippen LogP contribution in [-0.2, 0) is 7.05 Å². The van der Waals surface area contributed by atoms with Gasteiger partial charge in [-0.15, -0.1) is 5.10 Å². The van der Waals surface area contributed by atoms with Crippen LogP contribution in [0.1, 0.15) is 12.2 Å². The lowest BCUT2D eigenvalue weighted by molar-refractivity contribution is 0.136. The fourth-order valence-electron chi connectivity index (χ4n) is 1.49. The number of alkyl halides is 2.